The smallest absolute Gasteiger partial charge is 0.162 e. The van der Waals surface area contributed by atoms with E-state index in [1.807, 2.05) is 12.1 Å². The first kappa shape index (κ1) is 15.3. The summed E-state index contributed by atoms with van der Waals surface area (Å²) in [6, 6.07) is 10.2. The molecule has 2 aromatic rings. The van der Waals surface area contributed by atoms with Crippen molar-refractivity contribution in [3.05, 3.63) is 65.7 Å². The molecule has 2 rings (SSSR count). The highest BCUT2D eigenvalue weighted by molar-refractivity contribution is 5.82. The Kier molecular flexibility index (Phi) is 6.03. The largest absolute Gasteiger partial charge is 0.374 e. The van der Waals surface area contributed by atoms with Crippen LogP contribution in [0.1, 0.15) is 17.5 Å². The first-order valence-corrected chi connectivity index (χ1v) is 6.97. The Morgan fingerprint density at radius 3 is 2.67 bits per heavy atom. The number of pyridine rings is 1. The average Bonchev–Trinajstić information content (AvgIpc) is 2.50. The van der Waals surface area contributed by atoms with Gasteiger partial charge in [-0.05, 0) is 42.2 Å². The van der Waals surface area contributed by atoms with Gasteiger partial charge in [-0.1, -0.05) is 18.2 Å². The fourth-order valence-electron chi connectivity index (χ4n) is 2.02. The van der Waals surface area contributed by atoms with Crippen LogP contribution in [0.25, 0.3) is 0 Å². The van der Waals surface area contributed by atoms with E-state index >= 15 is 0 Å². The number of ether oxygens (including phenoxy) is 1. The van der Waals surface area contributed by atoms with Gasteiger partial charge in [-0.3, -0.25) is 9.78 Å². The number of hydrogen-bond acceptors (Lipinski definition) is 3. The Morgan fingerprint density at radius 2 is 1.90 bits per heavy atom. The molecule has 0 aliphatic rings. The summed E-state index contributed by atoms with van der Waals surface area (Å²) < 4.78 is 18.7. The van der Waals surface area contributed by atoms with E-state index in [9.17, 15) is 9.18 Å². The molecule has 0 aliphatic carbocycles. The van der Waals surface area contributed by atoms with Gasteiger partial charge in [-0.2, -0.15) is 0 Å². The Morgan fingerprint density at radius 1 is 1.14 bits per heavy atom. The molecule has 0 fully saturated rings. The molecule has 1 aromatic heterocycles. The monoisotopic (exact) mass is 287 g/mol. The van der Waals surface area contributed by atoms with Crippen molar-refractivity contribution in [2.75, 3.05) is 13.2 Å². The first-order valence-electron chi connectivity index (χ1n) is 6.97. The maximum absolute atomic E-state index is 13.4. The van der Waals surface area contributed by atoms with E-state index in [1.165, 1.54) is 11.6 Å². The predicted octanol–water partition coefficient (Wildman–Crippen LogP) is 2.98. The molecule has 0 saturated heterocycles. The highest BCUT2D eigenvalue weighted by atomic mass is 19.1. The van der Waals surface area contributed by atoms with Gasteiger partial charge in [-0.25, -0.2) is 4.39 Å². The van der Waals surface area contributed by atoms with E-state index < -0.39 is 0 Å². The summed E-state index contributed by atoms with van der Waals surface area (Å²) in [4.78, 5) is 15.7. The number of rotatable bonds is 8. The lowest BCUT2D eigenvalue weighted by atomic mass is 10.1. The van der Waals surface area contributed by atoms with E-state index in [2.05, 4.69) is 4.98 Å². The normalized spacial score (nSPS) is 10.5. The number of aromatic nitrogens is 1. The van der Waals surface area contributed by atoms with Crippen molar-refractivity contribution in [1.29, 1.82) is 0 Å². The van der Waals surface area contributed by atoms with Crippen molar-refractivity contribution in [1.82, 2.24) is 4.98 Å². The van der Waals surface area contributed by atoms with E-state index in [0.717, 1.165) is 12.8 Å². The summed E-state index contributed by atoms with van der Waals surface area (Å²) in [5.41, 5.74) is 1.62. The molecule has 21 heavy (non-hydrogen) atoms. The lowest BCUT2D eigenvalue weighted by molar-refractivity contribution is -0.123. The maximum Gasteiger partial charge on any atom is 0.162 e. The molecular weight excluding hydrogens is 269 g/mol. The van der Waals surface area contributed by atoms with Crippen LogP contribution in [0.5, 0.6) is 0 Å². The second-order valence-corrected chi connectivity index (χ2v) is 4.82. The van der Waals surface area contributed by atoms with Crippen molar-refractivity contribution < 1.29 is 13.9 Å². The summed E-state index contributed by atoms with van der Waals surface area (Å²) in [7, 11) is 0. The molecule has 0 radical (unpaired) electrons. The molecule has 0 N–H and O–H groups in total. The Bertz CT molecular complexity index is 572. The van der Waals surface area contributed by atoms with Crippen molar-refractivity contribution in [3.63, 3.8) is 0 Å². The van der Waals surface area contributed by atoms with E-state index in [0.29, 0.717) is 12.2 Å². The highest BCUT2D eigenvalue weighted by Crippen LogP contribution is 2.07. The van der Waals surface area contributed by atoms with Crippen LogP contribution in [0.2, 0.25) is 0 Å². The number of hydrogen-bond donors (Lipinski definition) is 0. The van der Waals surface area contributed by atoms with Crippen molar-refractivity contribution in [2.24, 2.45) is 0 Å². The number of Topliss-reactive ketones (excluding diaryl/α,β-unsaturated/α-hetero) is 1. The number of aryl methyl sites for hydroxylation is 1. The molecule has 110 valence electrons. The molecule has 0 aliphatic heterocycles. The van der Waals surface area contributed by atoms with Crippen LogP contribution < -0.4 is 0 Å². The summed E-state index contributed by atoms with van der Waals surface area (Å²) in [6.45, 7) is 0.552. The van der Waals surface area contributed by atoms with E-state index in [-0.39, 0.29) is 24.6 Å². The number of ketones is 1. The molecule has 1 heterocycles. The Hall–Kier alpha value is -2.07. The second-order valence-electron chi connectivity index (χ2n) is 4.82. The molecule has 0 spiro atoms. The number of halogens is 1. The lowest BCUT2D eigenvalue weighted by Gasteiger charge is -2.05. The third-order valence-corrected chi connectivity index (χ3v) is 3.11. The molecule has 0 saturated carbocycles. The minimum absolute atomic E-state index is 0.0324. The van der Waals surface area contributed by atoms with E-state index in [4.69, 9.17) is 4.74 Å². The minimum atomic E-state index is -0.344. The zero-order valence-corrected chi connectivity index (χ0v) is 11.8. The van der Waals surface area contributed by atoms with Gasteiger partial charge >= 0.3 is 0 Å². The second kappa shape index (κ2) is 8.27. The van der Waals surface area contributed by atoms with Crippen molar-refractivity contribution in [2.45, 2.75) is 19.3 Å². The van der Waals surface area contributed by atoms with Crippen LogP contribution in [-0.2, 0) is 22.4 Å². The minimum Gasteiger partial charge on any atom is -0.374 e. The SMILES string of the molecule is O=C(COCCCc1ccncc1)Cc1ccccc1F. The van der Waals surface area contributed by atoms with Gasteiger partial charge < -0.3 is 4.74 Å². The molecular formula is C17H18FNO2. The van der Waals surface area contributed by atoms with Gasteiger partial charge in [-0.15, -0.1) is 0 Å². The number of benzene rings is 1. The quantitative estimate of drug-likeness (QED) is 0.701. The zero-order valence-electron chi connectivity index (χ0n) is 11.8. The van der Waals surface area contributed by atoms with Gasteiger partial charge in [0.25, 0.3) is 0 Å². The van der Waals surface area contributed by atoms with Crippen LogP contribution in [-0.4, -0.2) is 24.0 Å². The molecule has 0 unspecified atom stereocenters. The standard InChI is InChI=1S/C17H18FNO2/c18-17-6-2-1-5-15(17)12-16(20)13-21-11-3-4-14-7-9-19-10-8-14/h1-2,5-10H,3-4,11-13H2. The number of nitrogens with zero attached hydrogens (tertiary/aromatic N) is 1. The van der Waals surface area contributed by atoms with Crippen LogP contribution in [0.15, 0.2) is 48.8 Å². The van der Waals surface area contributed by atoms with Crippen LogP contribution in [0.3, 0.4) is 0 Å². The van der Waals surface area contributed by atoms with Gasteiger partial charge in [0.15, 0.2) is 5.78 Å². The molecule has 3 nitrogen and oxygen atoms in total. The third kappa shape index (κ3) is 5.44. The number of carbonyl (C=O) groups excluding carboxylic acids is 1. The summed E-state index contributed by atoms with van der Waals surface area (Å²) >= 11 is 0. The summed E-state index contributed by atoms with van der Waals surface area (Å²) in [6.07, 6.45) is 5.33. The van der Waals surface area contributed by atoms with Gasteiger partial charge in [0, 0.05) is 25.4 Å². The lowest BCUT2D eigenvalue weighted by Crippen LogP contribution is -2.13. The van der Waals surface area contributed by atoms with Crippen LogP contribution in [0, 0.1) is 5.82 Å². The molecule has 0 atom stereocenters. The topological polar surface area (TPSA) is 39.2 Å². The fraction of sp³-hybridized carbons (Fsp3) is 0.294. The first-order chi connectivity index (χ1) is 10.3. The van der Waals surface area contributed by atoms with Crippen LogP contribution in [0.4, 0.5) is 4.39 Å². The maximum atomic E-state index is 13.4. The predicted molar refractivity (Wildman–Crippen MR) is 78.5 cm³/mol. The van der Waals surface area contributed by atoms with Gasteiger partial charge in [0.05, 0.1) is 0 Å². The Balaban J connectivity index is 1.63. The fourth-order valence-corrected chi connectivity index (χ4v) is 2.02. The molecule has 0 amide bonds. The van der Waals surface area contributed by atoms with Gasteiger partial charge in [0.1, 0.15) is 12.4 Å². The zero-order chi connectivity index (χ0) is 14.9. The molecule has 0 bridgehead atoms. The van der Waals surface area contributed by atoms with E-state index in [1.54, 1.807) is 30.6 Å². The van der Waals surface area contributed by atoms with Crippen LogP contribution >= 0.6 is 0 Å². The summed E-state index contributed by atoms with van der Waals surface area (Å²) in [5, 5.41) is 0. The van der Waals surface area contributed by atoms with Crippen molar-refractivity contribution >= 4 is 5.78 Å². The molecule has 4 heteroatoms. The van der Waals surface area contributed by atoms with Crippen molar-refractivity contribution in [3.8, 4) is 0 Å². The molecule has 1 aromatic carbocycles. The number of carbonyl (C=O) groups is 1. The highest BCUT2D eigenvalue weighted by Gasteiger charge is 2.07. The average molecular weight is 287 g/mol. The summed E-state index contributed by atoms with van der Waals surface area (Å²) in [5.74, 6) is -0.451. The third-order valence-electron chi connectivity index (χ3n) is 3.11. The van der Waals surface area contributed by atoms with Gasteiger partial charge in [0.2, 0.25) is 0 Å². The Labute approximate surface area is 123 Å².